The Hall–Kier alpha value is -1.73. The van der Waals surface area contributed by atoms with Gasteiger partial charge < -0.3 is 19.1 Å². The first-order chi connectivity index (χ1) is 11.2. The molecular weight excluding hydrogens is 298 g/mol. The second kappa shape index (κ2) is 6.05. The van der Waals surface area contributed by atoms with Crippen molar-refractivity contribution in [2.24, 2.45) is 5.92 Å². The minimum atomic E-state index is -0.250. The van der Waals surface area contributed by atoms with Crippen LogP contribution in [-0.2, 0) is 14.3 Å². The maximum Gasteiger partial charge on any atom is 0.232 e. The maximum absolute atomic E-state index is 12.4. The lowest BCUT2D eigenvalue weighted by Gasteiger charge is -2.53. The van der Waals surface area contributed by atoms with Gasteiger partial charge in [-0.2, -0.15) is 0 Å². The molecule has 3 aliphatic rings. The molecular formula is C16H21N3O4. The van der Waals surface area contributed by atoms with Crippen molar-refractivity contribution in [1.29, 1.82) is 0 Å². The molecule has 124 valence electrons. The highest BCUT2D eigenvalue weighted by Gasteiger charge is 2.51. The summed E-state index contributed by atoms with van der Waals surface area (Å²) in [6.45, 7) is 3.21. The Kier molecular flexibility index (Phi) is 3.90. The van der Waals surface area contributed by atoms with Crippen molar-refractivity contribution in [3.8, 4) is 5.88 Å². The first kappa shape index (κ1) is 14.8. The standard InChI is InChI=1S/C16H21N3O4/c20-15(12-1-5-21-9-12)19-10-16(11-19)7-13(2-6-22-16)23-14-8-17-3-4-18-14/h3-4,8,12-13H,1-2,5-7,9-11H2/t12-,13-/m0/s1. The van der Waals surface area contributed by atoms with Gasteiger partial charge in [-0.25, -0.2) is 4.98 Å². The predicted octanol–water partition coefficient (Wildman–Crippen LogP) is 0.652. The van der Waals surface area contributed by atoms with Crippen molar-refractivity contribution in [1.82, 2.24) is 14.9 Å². The smallest absolute Gasteiger partial charge is 0.232 e. The van der Waals surface area contributed by atoms with Crippen LogP contribution in [0.15, 0.2) is 18.6 Å². The number of nitrogens with zero attached hydrogens (tertiary/aromatic N) is 3. The number of aromatic nitrogens is 2. The van der Waals surface area contributed by atoms with Crippen LogP contribution in [0.2, 0.25) is 0 Å². The van der Waals surface area contributed by atoms with Gasteiger partial charge in [0.2, 0.25) is 11.8 Å². The topological polar surface area (TPSA) is 73.8 Å². The van der Waals surface area contributed by atoms with E-state index in [-0.39, 0.29) is 23.5 Å². The summed E-state index contributed by atoms with van der Waals surface area (Å²) >= 11 is 0. The average Bonchev–Trinajstić information content (AvgIpc) is 3.07. The summed E-state index contributed by atoms with van der Waals surface area (Å²) in [4.78, 5) is 22.4. The molecule has 0 saturated carbocycles. The number of hydrogen-bond acceptors (Lipinski definition) is 6. The predicted molar refractivity (Wildman–Crippen MR) is 79.9 cm³/mol. The van der Waals surface area contributed by atoms with Gasteiger partial charge in [0.25, 0.3) is 0 Å². The first-order valence-corrected chi connectivity index (χ1v) is 8.17. The van der Waals surface area contributed by atoms with Crippen LogP contribution >= 0.6 is 0 Å². The second-order valence-electron chi connectivity index (χ2n) is 6.56. The van der Waals surface area contributed by atoms with Crippen molar-refractivity contribution in [3.63, 3.8) is 0 Å². The third-order valence-electron chi connectivity index (χ3n) is 4.82. The van der Waals surface area contributed by atoms with Crippen molar-refractivity contribution >= 4 is 5.91 Å². The molecule has 1 aromatic rings. The molecule has 3 fully saturated rings. The highest BCUT2D eigenvalue weighted by atomic mass is 16.5. The molecule has 0 bridgehead atoms. The molecule has 4 heterocycles. The minimum Gasteiger partial charge on any atom is -0.473 e. The average molecular weight is 319 g/mol. The van der Waals surface area contributed by atoms with Crippen LogP contribution in [0.25, 0.3) is 0 Å². The van der Waals surface area contributed by atoms with E-state index in [1.165, 1.54) is 0 Å². The molecule has 1 aromatic heterocycles. The molecule has 3 aliphatic heterocycles. The molecule has 4 rings (SSSR count). The second-order valence-corrected chi connectivity index (χ2v) is 6.56. The molecule has 0 unspecified atom stereocenters. The molecule has 0 N–H and O–H groups in total. The molecule has 0 aromatic carbocycles. The van der Waals surface area contributed by atoms with Gasteiger partial charge in [-0.15, -0.1) is 0 Å². The number of rotatable bonds is 3. The van der Waals surface area contributed by atoms with Gasteiger partial charge in [0, 0.05) is 31.8 Å². The van der Waals surface area contributed by atoms with E-state index < -0.39 is 0 Å². The molecule has 7 heteroatoms. The highest BCUT2D eigenvalue weighted by Crippen LogP contribution is 2.36. The summed E-state index contributed by atoms with van der Waals surface area (Å²) in [5, 5.41) is 0. The monoisotopic (exact) mass is 319 g/mol. The Balaban J connectivity index is 1.32. The Morgan fingerprint density at radius 1 is 1.30 bits per heavy atom. The number of likely N-dealkylation sites (tertiary alicyclic amines) is 1. The molecule has 0 radical (unpaired) electrons. The lowest BCUT2D eigenvalue weighted by molar-refractivity contribution is -0.195. The van der Waals surface area contributed by atoms with E-state index in [1.54, 1.807) is 18.6 Å². The van der Waals surface area contributed by atoms with Gasteiger partial charge in [0.1, 0.15) is 11.7 Å². The van der Waals surface area contributed by atoms with Gasteiger partial charge in [-0.3, -0.25) is 9.78 Å². The van der Waals surface area contributed by atoms with Crippen LogP contribution in [-0.4, -0.2) is 65.4 Å². The minimum absolute atomic E-state index is 0.0302. The molecule has 7 nitrogen and oxygen atoms in total. The zero-order valence-corrected chi connectivity index (χ0v) is 13.0. The molecule has 1 spiro atoms. The van der Waals surface area contributed by atoms with Crippen molar-refractivity contribution in [2.45, 2.75) is 31.0 Å². The number of hydrogen-bond donors (Lipinski definition) is 0. The lowest BCUT2D eigenvalue weighted by atomic mass is 9.84. The summed E-state index contributed by atoms with van der Waals surface area (Å²) in [6, 6.07) is 0. The van der Waals surface area contributed by atoms with E-state index in [2.05, 4.69) is 9.97 Å². The number of amides is 1. The number of carbonyl (C=O) groups excluding carboxylic acids is 1. The molecule has 1 amide bonds. The zero-order valence-electron chi connectivity index (χ0n) is 13.0. The summed E-state index contributed by atoms with van der Waals surface area (Å²) < 4.78 is 17.2. The normalized spacial score (nSPS) is 29.3. The molecule has 23 heavy (non-hydrogen) atoms. The van der Waals surface area contributed by atoms with E-state index in [1.807, 2.05) is 4.90 Å². The Morgan fingerprint density at radius 2 is 2.22 bits per heavy atom. The Morgan fingerprint density at radius 3 is 2.96 bits per heavy atom. The fourth-order valence-corrected chi connectivity index (χ4v) is 3.61. The van der Waals surface area contributed by atoms with Crippen LogP contribution in [0.1, 0.15) is 19.3 Å². The summed E-state index contributed by atoms with van der Waals surface area (Å²) in [6.07, 6.45) is 7.39. The molecule has 3 saturated heterocycles. The van der Waals surface area contributed by atoms with Gasteiger partial charge >= 0.3 is 0 Å². The summed E-state index contributed by atoms with van der Waals surface area (Å²) in [5.41, 5.74) is -0.250. The summed E-state index contributed by atoms with van der Waals surface area (Å²) in [7, 11) is 0. The van der Waals surface area contributed by atoms with Crippen LogP contribution in [0.3, 0.4) is 0 Å². The fraction of sp³-hybridized carbons (Fsp3) is 0.688. The molecule has 2 atom stereocenters. The van der Waals surface area contributed by atoms with E-state index in [4.69, 9.17) is 14.2 Å². The highest BCUT2D eigenvalue weighted by molar-refractivity contribution is 5.80. The van der Waals surface area contributed by atoms with E-state index >= 15 is 0 Å². The van der Waals surface area contributed by atoms with Crippen LogP contribution in [0.5, 0.6) is 5.88 Å². The maximum atomic E-state index is 12.4. The summed E-state index contributed by atoms with van der Waals surface area (Å²) in [5.74, 6) is 0.779. The fourth-order valence-electron chi connectivity index (χ4n) is 3.61. The quantitative estimate of drug-likeness (QED) is 0.814. The zero-order chi connectivity index (χ0) is 15.7. The third-order valence-corrected chi connectivity index (χ3v) is 4.82. The van der Waals surface area contributed by atoms with Crippen LogP contribution in [0, 0.1) is 5.92 Å². The third kappa shape index (κ3) is 3.03. The number of carbonyl (C=O) groups is 1. The van der Waals surface area contributed by atoms with Crippen molar-refractivity contribution < 1.29 is 19.0 Å². The van der Waals surface area contributed by atoms with Crippen molar-refractivity contribution in [3.05, 3.63) is 18.6 Å². The lowest BCUT2D eigenvalue weighted by Crippen LogP contribution is -2.68. The van der Waals surface area contributed by atoms with Gasteiger partial charge in [0.15, 0.2) is 0 Å². The molecule has 0 aliphatic carbocycles. The van der Waals surface area contributed by atoms with Gasteiger partial charge in [-0.05, 0) is 6.42 Å². The first-order valence-electron chi connectivity index (χ1n) is 8.17. The van der Waals surface area contributed by atoms with Crippen LogP contribution < -0.4 is 4.74 Å². The van der Waals surface area contributed by atoms with Crippen molar-refractivity contribution in [2.75, 3.05) is 32.9 Å². The van der Waals surface area contributed by atoms with Gasteiger partial charge in [0.05, 0.1) is 38.4 Å². The number of ether oxygens (including phenoxy) is 3. The van der Waals surface area contributed by atoms with E-state index in [9.17, 15) is 4.79 Å². The van der Waals surface area contributed by atoms with E-state index in [0.717, 1.165) is 19.3 Å². The Labute approximate surface area is 134 Å². The van der Waals surface area contributed by atoms with Gasteiger partial charge in [-0.1, -0.05) is 0 Å². The Bertz CT molecular complexity index is 556. The largest absolute Gasteiger partial charge is 0.473 e. The SMILES string of the molecule is O=C([C@H]1CCOC1)N1CC2(C[C@@H](Oc3cnccn3)CCO2)C1. The van der Waals surface area contributed by atoms with E-state index in [0.29, 0.717) is 38.8 Å². The van der Waals surface area contributed by atoms with Crippen LogP contribution in [0.4, 0.5) is 0 Å².